The Morgan fingerprint density at radius 3 is 1.09 bits per heavy atom. The summed E-state index contributed by atoms with van der Waals surface area (Å²) in [6.45, 7) is 4.66. The Morgan fingerprint density at radius 2 is 0.826 bits per heavy atom. The van der Waals surface area contributed by atoms with E-state index in [0.717, 1.165) is 38.8 Å². The molecule has 0 aliphatic heterocycles. The van der Waals surface area contributed by atoms with Gasteiger partial charge >= 0.3 is 35.8 Å². The molecule has 14 heteroatoms. The average molecular weight is 762 g/mol. The minimum Gasteiger partial charge on any atom is -0.454 e. The van der Waals surface area contributed by atoms with Gasteiger partial charge in [0.15, 0.2) is 0 Å². The number of benzene rings is 3. The number of halogens is 2. The van der Waals surface area contributed by atoms with Gasteiger partial charge in [-0.25, -0.2) is 9.59 Å². The molecule has 0 saturated heterocycles. The van der Waals surface area contributed by atoms with E-state index in [0.29, 0.717) is 0 Å². The van der Waals surface area contributed by atoms with Crippen molar-refractivity contribution >= 4 is 67.7 Å². The maximum absolute atomic E-state index is 13.5. The summed E-state index contributed by atoms with van der Waals surface area (Å²) < 4.78 is 32.7. The summed E-state index contributed by atoms with van der Waals surface area (Å²) >= 11 is 6.43. The molecule has 0 radical (unpaired) electrons. The SMILES string of the molecule is CC(=O)Oc1cc(C(=O)O[C@H]2Cc3ccccc3C[C@H]2OC(=O)c2cc(OC(C)=O)c(Br)c(OC(C)=O)c2)cc(OC(C)=O)c1Br. The van der Waals surface area contributed by atoms with Crippen molar-refractivity contribution in [1.29, 1.82) is 0 Å². The number of carbonyl (C=O) groups is 6. The fourth-order valence-corrected chi connectivity index (χ4v) is 5.38. The van der Waals surface area contributed by atoms with Crippen molar-refractivity contribution in [3.8, 4) is 23.0 Å². The summed E-state index contributed by atoms with van der Waals surface area (Å²) in [6, 6.07) is 12.3. The third-order valence-corrected chi connectivity index (χ3v) is 7.95. The molecule has 0 fully saturated rings. The van der Waals surface area contributed by atoms with Crippen molar-refractivity contribution < 1.29 is 57.2 Å². The first kappa shape index (κ1) is 34.3. The molecule has 240 valence electrons. The number of esters is 6. The van der Waals surface area contributed by atoms with Crippen LogP contribution in [0.1, 0.15) is 59.5 Å². The topological polar surface area (TPSA) is 158 Å². The predicted octanol–water partition coefficient (Wildman–Crippen LogP) is 5.46. The van der Waals surface area contributed by atoms with E-state index in [4.69, 9.17) is 28.4 Å². The van der Waals surface area contributed by atoms with Gasteiger partial charge < -0.3 is 28.4 Å². The molecule has 0 saturated carbocycles. The fraction of sp³-hybridized carbons (Fsp3) is 0.250. The number of fused-ring (bicyclic) bond motifs is 1. The first-order valence-corrected chi connectivity index (χ1v) is 15.2. The van der Waals surface area contributed by atoms with Gasteiger partial charge in [0.2, 0.25) is 0 Å². The Balaban J connectivity index is 1.67. The van der Waals surface area contributed by atoms with Crippen molar-refractivity contribution in [2.24, 2.45) is 0 Å². The van der Waals surface area contributed by atoms with E-state index in [-0.39, 0.29) is 55.9 Å². The number of rotatable bonds is 8. The summed E-state index contributed by atoms with van der Waals surface area (Å²) in [5.41, 5.74) is 1.51. The largest absolute Gasteiger partial charge is 0.454 e. The lowest BCUT2D eigenvalue weighted by atomic mass is 9.87. The van der Waals surface area contributed by atoms with Crippen molar-refractivity contribution in [2.75, 3.05) is 0 Å². The van der Waals surface area contributed by atoms with E-state index in [1.54, 1.807) is 0 Å². The van der Waals surface area contributed by atoms with Crippen LogP contribution in [0.3, 0.4) is 0 Å². The van der Waals surface area contributed by atoms with Crippen molar-refractivity contribution in [3.05, 3.63) is 79.7 Å². The van der Waals surface area contributed by atoms with Crippen LogP contribution in [0.2, 0.25) is 0 Å². The molecule has 0 bridgehead atoms. The van der Waals surface area contributed by atoms with Crippen LogP contribution >= 0.6 is 31.9 Å². The number of hydrogen-bond donors (Lipinski definition) is 0. The Labute approximate surface area is 279 Å². The van der Waals surface area contributed by atoms with Gasteiger partial charge in [-0.05, 0) is 67.3 Å². The highest BCUT2D eigenvalue weighted by Crippen LogP contribution is 2.38. The van der Waals surface area contributed by atoms with Crippen LogP contribution in [0, 0.1) is 0 Å². The van der Waals surface area contributed by atoms with Crippen LogP contribution in [0.25, 0.3) is 0 Å². The predicted molar refractivity (Wildman–Crippen MR) is 166 cm³/mol. The van der Waals surface area contributed by atoms with Gasteiger partial charge in [-0.1, -0.05) is 24.3 Å². The Bertz CT molecular complexity index is 1550. The quantitative estimate of drug-likeness (QED) is 0.211. The van der Waals surface area contributed by atoms with Crippen LogP contribution in [0.5, 0.6) is 23.0 Å². The summed E-state index contributed by atoms with van der Waals surface area (Å²) in [5.74, 6) is -4.83. The van der Waals surface area contributed by atoms with Crippen LogP contribution in [-0.2, 0) is 41.5 Å². The second-order valence-electron chi connectivity index (χ2n) is 10.0. The van der Waals surface area contributed by atoms with Crippen LogP contribution in [-0.4, -0.2) is 48.0 Å². The molecule has 46 heavy (non-hydrogen) atoms. The van der Waals surface area contributed by atoms with Gasteiger partial charge in [0.05, 0.1) is 11.1 Å². The molecule has 1 aliphatic carbocycles. The minimum atomic E-state index is -0.985. The normalized spacial score (nSPS) is 15.1. The molecule has 0 heterocycles. The van der Waals surface area contributed by atoms with Gasteiger partial charge in [-0.15, -0.1) is 0 Å². The lowest BCUT2D eigenvalue weighted by molar-refractivity contribution is -0.133. The summed E-state index contributed by atoms with van der Waals surface area (Å²) in [6.07, 6.45) is -1.61. The molecule has 1 aliphatic rings. The van der Waals surface area contributed by atoms with Gasteiger partial charge in [0, 0.05) is 40.5 Å². The first-order chi connectivity index (χ1) is 21.7. The highest BCUT2D eigenvalue weighted by atomic mass is 79.9. The van der Waals surface area contributed by atoms with Crippen molar-refractivity contribution in [3.63, 3.8) is 0 Å². The Kier molecular flexibility index (Phi) is 11.0. The van der Waals surface area contributed by atoms with E-state index in [2.05, 4.69) is 31.9 Å². The molecule has 4 rings (SSSR count). The maximum Gasteiger partial charge on any atom is 0.338 e. The lowest BCUT2D eigenvalue weighted by Crippen LogP contribution is -2.41. The molecule has 0 amide bonds. The van der Waals surface area contributed by atoms with Gasteiger partial charge in [0.1, 0.15) is 44.2 Å². The zero-order chi connectivity index (χ0) is 33.7. The van der Waals surface area contributed by atoms with E-state index in [1.165, 1.54) is 24.3 Å². The Hall–Kier alpha value is -4.56. The van der Waals surface area contributed by atoms with Gasteiger partial charge in [0.25, 0.3) is 0 Å². The van der Waals surface area contributed by atoms with E-state index < -0.39 is 48.0 Å². The van der Waals surface area contributed by atoms with Crippen LogP contribution in [0.4, 0.5) is 0 Å². The molecule has 3 aromatic carbocycles. The third kappa shape index (κ3) is 8.57. The second-order valence-corrected chi connectivity index (χ2v) is 11.6. The standard InChI is InChI=1S/C32H26Br2O12/c1-15(35)41-25-11-21(12-26(29(25)33)42-16(2)36)31(39)45-23-9-19-7-5-6-8-20(19)10-24(23)46-32(40)22-13-27(43-17(3)37)30(34)28(14-22)44-18(4)38/h5-8,11-14,23-24H,9-10H2,1-4H3/t23-,24+. The van der Waals surface area contributed by atoms with E-state index in [9.17, 15) is 28.8 Å². The van der Waals surface area contributed by atoms with E-state index in [1.807, 2.05) is 24.3 Å². The zero-order valence-corrected chi connectivity index (χ0v) is 28.0. The highest BCUT2D eigenvalue weighted by Gasteiger charge is 2.35. The number of carbonyl (C=O) groups excluding carboxylic acids is 6. The summed E-state index contributed by atoms with van der Waals surface area (Å²) in [5, 5.41) is 0. The molecular formula is C32H26Br2O12. The minimum absolute atomic E-state index is 0.0856. The summed E-state index contributed by atoms with van der Waals surface area (Å²) in [7, 11) is 0. The van der Waals surface area contributed by atoms with Crippen LogP contribution in [0.15, 0.2) is 57.5 Å². The van der Waals surface area contributed by atoms with E-state index >= 15 is 0 Å². The molecule has 0 unspecified atom stereocenters. The smallest absolute Gasteiger partial charge is 0.338 e. The summed E-state index contributed by atoms with van der Waals surface area (Å²) in [4.78, 5) is 73.7. The lowest BCUT2D eigenvalue weighted by Gasteiger charge is -2.32. The van der Waals surface area contributed by atoms with Gasteiger partial charge in [-0.2, -0.15) is 0 Å². The maximum atomic E-state index is 13.5. The fourth-order valence-electron chi connectivity index (χ4n) is 4.60. The molecule has 12 nitrogen and oxygen atoms in total. The average Bonchev–Trinajstić information content (AvgIpc) is 2.96. The molecule has 3 aromatic rings. The monoisotopic (exact) mass is 760 g/mol. The molecular weight excluding hydrogens is 736 g/mol. The highest BCUT2D eigenvalue weighted by molar-refractivity contribution is 9.11. The van der Waals surface area contributed by atoms with Crippen molar-refractivity contribution in [2.45, 2.75) is 52.7 Å². The molecule has 0 aromatic heterocycles. The number of hydrogen-bond acceptors (Lipinski definition) is 12. The molecule has 0 spiro atoms. The Morgan fingerprint density at radius 1 is 0.543 bits per heavy atom. The zero-order valence-electron chi connectivity index (χ0n) is 24.8. The molecule has 0 N–H and O–H groups in total. The van der Waals surface area contributed by atoms with Crippen LogP contribution < -0.4 is 18.9 Å². The second kappa shape index (κ2) is 14.7. The van der Waals surface area contributed by atoms with Gasteiger partial charge in [-0.3, -0.25) is 19.2 Å². The first-order valence-electron chi connectivity index (χ1n) is 13.6. The number of ether oxygens (including phenoxy) is 6. The third-order valence-electron chi connectivity index (χ3n) is 6.39. The van der Waals surface area contributed by atoms with Crippen molar-refractivity contribution in [1.82, 2.24) is 0 Å². The molecule has 2 atom stereocenters.